The Hall–Kier alpha value is -11.2. The second-order valence-corrected chi connectivity index (χ2v) is 19.7. The van der Waals surface area contributed by atoms with Crippen LogP contribution >= 0.6 is 0 Å². The number of amides is 3. The summed E-state index contributed by atoms with van der Waals surface area (Å²) in [5.74, 6) is -1.53. The van der Waals surface area contributed by atoms with Crippen molar-refractivity contribution in [3.63, 3.8) is 0 Å². The SMILES string of the molecule is O=C(Nc1ccc(-c2cc(-c3ccccc3)c3ccccc3n2)cc1)c1cc(C(=O)Nc2ccc(-c3cc(-c4ccccc4)c4ccccc4n3)cc2)cc(C(=O)Nc2ccc(-c3cc(-c4ccccc4)c4ccccc4n3)cc2)c1. The van der Waals surface area contributed by atoms with Gasteiger partial charge in [0.1, 0.15) is 0 Å². The summed E-state index contributed by atoms with van der Waals surface area (Å²) in [5.41, 5.74) is 15.9. The number of hydrogen-bond donors (Lipinski definition) is 3. The zero-order valence-electron chi connectivity index (χ0n) is 43.5. The lowest BCUT2D eigenvalue weighted by molar-refractivity contribution is 0.102. The van der Waals surface area contributed by atoms with Gasteiger partial charge in [-0.1, -0.05) is 182 Å². The third-order valence-corrected chi connectivity index (χ3v) is 14.4. The zero-order chi connectivity index (χ0) is 54.7. The monoisotopic (exact) mass is 1040 g/mol. The first kappa shape index (κ1) is 49.4. The molecule has 13 aromatic rings. The number of pyridine rings is 3. The molecule has 384 valence electrons. The maximum absolute atomic E-state index is 14.3. The van der Waals surface area contributed by atoms with E-state index >= 15 is 0 Å². The Bertz CT molecular complexity index is 4040. The lowest BCUT2D eigenvalue weighted by Crippen LogP contribution is -2.19. The summed E-state index contributed by atoms with van der Waals surface area (Å²) in [6.07, 6.45) is 0. The quantitative estimate of drug-likeness (QED) is 0.112. The van der Waals surface area contributed by atoms with Crippen molar-refractivity contribution in [1.82, 2.24) is 15.0 Å². The Balaban J connectivity index is 0.784. The van der Waals surface area contributed by atoms with E-state index in [1.807, 2.05) is 182 Å². The van der Waals surface area contributed by atoms with Gasteiger partial charge in [-0.3, -0.25) is 14.4 Å². The summed E-state index contributed by atoms with van der Waals surface area (Å²) in [5, 5.41) is 12.1. The molecule has 13 rings (SSSR count). The van der Waals surface area contributed by atoms with Gasteiger partial charge in [-0.25, -0.2) is 15.0 Å². The molecule has 0 aliphatic rings. The van der Waals surface area contributed by atoms with Crippen LogP contribution in [0, 0.1) is 0 Å². The van der Waals surface area contributed by atoms with Gasteiger partial charge in [-0.2, -0.15) is 0 Å². The number of rotatable bonds is 12. The minimum Gasteiger partial charge on any atom is -0.322 e. The van der Waals surface area contributed by atoms with Crippen molar-refractivity contribution in [1.29, 1.82) is 0 Å². The molecule has 9 nitrogen and oxygen atoms in total. The third-order valence-electron chi connectivity index (χ3n) is 14.4. The highest BCUT2D eigenvalue weighted by molar-refractivity contribution is 6.13. The molecule has 0 bridgehead atoms. The predicted molar refractivity (Wildman–Crippen MR) is 328 cm³/mol. The fourth-order valence-corrected chi connectivity index (χ4v) is 10.3. The zero-order valence-corrected chi connectivity index (χ0v) is 43.5. The maximum atomic E-state index is 14.3. The van der Waals surface area contributed by atoms with E-state index < -0.39 is 17.7 Å². The van der Waals surface area contributed by atoms with Crippen molar-refractivity contribution in [3.05, 3.63) is 290 Å². The van der Waals surface area contributed by atoms with Crippen LogP contribution in [0.15, 0.2) is 273 Å². The summed E-state index contributed by atoms with van der Waals surface area (Å²) in [6.45, 7) is 0. The Kier molecular flexibility index (Phi) is 13.2. The van der Waals surface area contributed by atoms with E-state index in [-0.39, 0.29) is 16.7 Å². The van der Waals surface area contributed by atoms with Gasteiger partial charge in [0.15, 0.2) is 0 Å². The number of nitrogens with one attached hydrogen (secondary N) is 3. The largest absolute Gasteiger partial charge is 0.322 e. The average Bonchev–Trinajstić information content (AvgIpc) is 3.61. The molecule has 10 aromatic carbocycles. The summed E-state index contributed by atoms with van der Waals surface area (Å²) in [4.78, 5) is 58.0. The molecule has 0 radical (unpaired) electrons. The molecule has 3 N–H and O–H groups in total. The maximum Gasteiger partial charge on any atom is 0.255 e. The number of aromatic nitrogens is 3. The Labute approximate surface area is 467 Å². The first-order valence-electron chi connectivity index (χ1n) is 26.6. The first-order chi connectivity index (χ1) is 39.8. The molecule has 9 heteroatoms. The summed E-state index contributed by atoms with van der Waals surface area (Å²) < 4.78 is 0. The first-order valence-corrected chi connectivity index (χ1v) is 26.6. The van der Waals surface area contributed by atoms with Crippen molar-refractivity contribution in [2.45, 2.75) is 0 Å². The van der Waals surface area contributed by atoms with E-state index in [0.717, 1.165) is 99.9 Å². The van der Waals surface area contributed by atoms with Gasteiger partial charge >= 0.3 is 0 Å². The highest BCUT2D eigenvalue weighted by atomic mass is 16.2. The van der Waals surface area contributed by atoms with Crippen LogP contribution in [0.4, 0.5) is 17.1 Å². The number of fused-ring (bicyclic) bond motifs is 3. The van der Waals surface area contributed by atoms with Crippen LogP contribution < -0.4 is 16.0 Å². The topological polar surface area (TPSA) is 126 Å². The number of carbonyl (C=O) groups excluding carboxylic acids is 3. The van der Waals surface area contributed by atoms with Gasteiger partial charge in [0, 0.05) is 66.6 Å². The van der Waals surface area contributed by atoms with Gasteiger partial charge < -0.3 is 16.0 Å². The molecule has 81 heavy (non-hydrogen) atoms. The number of anilines is 3. The predicted octanol–water partition coefficient (Wildman–Crippen LogP) is 17.1. The van der Waals surface area contributed by atoms with Crippen LogP contribution in [0.5, 0.6) is 0 Å². The van der Waals surface area contributed by atoms with E-state index in [1.54, 1.807) is 0 Å². The molecular weight excluding hydrogens is 997 g/mol. The van der Waals surface area contributed by atoms with E-state index in [1.165, 1.54) is 18.2 Å². The molecule has 3 heterocycles. The number of para-hydroxylation sites is 3. The summed E-state index contributed by atoms with van der Waals surface area (Å²) in [6, 6.07) is 88.0. The number of benzene rings is 10. The van der Waals surface area contributed by atoms with Crippen LogP contribution in [0.1, 0.15) is 31.1 Å². The van der Waals surface area contributed by atoms with Crippen LogP contribution in [0.2, 0.25) is 0 Å². The van der Waals surface area contributed by atoms with Gasteiger partial charge in [-0.05, 0) is 124 Å². The Morgan fingerprint density at radius 2 is 0.494 bits per heavy atom. The fourth-order valence-electron chi connectivity index (χ4n) is 10.3. The molecule has 3 aromatic heterocycles. The van der Waals surface area contributed by atoms with Crippen molar-refractivity contribution in [2.75, 3.05) is 16.0 Å². The van der Waals surface area contributed by atoms with Gasteiger partial charge in [0.25, 0.3) is 17.7 Å². The summed E-state index contributed by atoms with van der Waals surface area (Å²) in [7, 11) is 0. The van der Waals surface area contributed by atoms with E-state index in [0.29, 0.717) is 17.1 Å². The van der Waals surface area contributed by atoms with Crippen LogP contribution in [-0.4, -0.2) is 32.7 Å². The number of hydrogen-bond acceptors (Lipinski definition) is 6. The molecule has 0 spiro atoms. The second kappa shape index (κ2) is 21.7. The molecule has 0 saturated heterocycles. The number of carbonyl (C=O) groups is 3. The molecular formula is C72H48N6O3. The molecule has 0 saturated carbocycles. The van der Waals surface area contributed by atoms with Crippen LogP contribution in [0.3, 0.4) is 0 Å². The normalized spacial score (nSPS) is 11.1. The highest BCUT2D eigenvalue weighted by Crippen LogP contribution is 2.36. The van der Waals surface area contributed by atoms with Crippen LogP contribution in [-0.2, 0) is 0 Å². The molecule has 3 amide bonds. The van der Waals surface area contributed by atoms with Crippen LogP contribution in [0.25, 0.3) is 99.9 Å². The number of nitrogens with zero attached hydrogens (tertiary/aromatic N) is 3. The van der Waals surface area contributed by atoms with Crippen molar-refractivity contribution < 1.29 is 14.4 Å². The molecule has 0 unspecified atom stereocenters. The molecule has 0 fully saturated rings. The van der Waals surface area contributed by atoms with Gasteiger partial charge in [0.05, 0.1) is 33.6 Å². The van der Waals surface area contributed by atoms with Crippen molar-refractivity contribution >= 4 is 67.5 Å². The Morgan fingerprint density at radius 3 is 0.765 bits per heavy atom. The molecule has 0 atom stereocenters. The third kappa shape index (κ3) is 10.4. The summed E-state index contributed by atoms with van der Waals surface area (Å²) >= 11 is 0. The standard InChI is InChI=1S/C72H48N6O3/c79-70(73-55-34-28-49(29-35-55)67-43-61(46-16-4-1-5-17-46)58-22-10-13-25-64(58)76-67)52-40-53(71(80)74-56-36-30-50(31-37-56)68-44-62(47-18-6-2-7-19-47)59-23-11-14-26-65(59)77-68)42-54(41-52)72(81)75-57-38-32-51(33-39-57)69-45-63(48-20-8-3-9-21-48)60-24-12-15-27-66(60)78-69/h1-45H,(H,73,79)(H,74,80)(H,75,81). The second-order valence-electron chi connectivity index (χ2n) is 19.7. The van der Waals surface area contributed by atoms with E-state index in [9.17, 15) is 14.4 Å². The van der Waals surface area contributed by atoms with Crippen molar-refractivity contribution in [3.8, 4) is 67.2 Å². The van der Waals surface area contributed by atoms with Gasteiger partial charge in [-0.15, -0.1) is 0 Å². The van der Waals surface area contributed by atoms with E-state index in [2.05, 4.69) is 88.7 Å². The fraction of sp³-hybridized carbons (Fsp3) is 0. The minimum absolute atomic E-state index is 0.111. The lowest BCUT2D eigenvalue weighted by atomic mass is 9.98. The molecule has 0 aliphatic heterocycles. The lowest BCUT2D eigenvalue weighted by Gasteiger charge is -2.13. The van der Waals surface area contributed by atoms with Gasteiger partial charge in [0.2, 0.25) is 0 Å². The average molecular weight is 1050 g/mol. The van der Waals surface area contributed by atoms with E-state index in [4.69, 9.17) is 15.0 Å². The minimum atomic E-state index is -0.508. The smallest absolute Gasteiger partial charge is 0.255 e. The molecule has 0 aliphatic carbocycles. The highest BCUT2D eigenvalue weighted by Gasteiger charge is 2.20. The van der Waals surface area contributed by atoms with Crippen molar-refractivity contribution in [2.24, 2.45) is 0 Å². The Morgan fingerprint density at radius 1 is 0.247 bits per heavy atom.